The van der Waals surface area contributed by atoms with E-state index in [1.165, 1.54) is 32.4 Å². The Morgan fingerprint density at radius 3 is 2.59 bits per heavy atom. The molecule has 17 heavy (non-hydrogen) atoms. The molecule has 3 unspecified atom stereocenters. The summed E-state index contributed by atoms with van der Waals surface area (Å²) in [6.45, 7) is 6.91. The van der Waals surface area contributed by atoms with Crippen molar-refractivity contribution in [3.63, 3.8) is 0 Å². The second-order valence-electron chi connectivity index (χ2n) is 5.64. The van der Waals surface area contributed by atoms with Gasteiger partial charge in [-0.25, -0.2) is 0 Å². The van der Waals surface area contributed by atoms with E-state index in [2.05, 4.69) is 37.7 Å². The molecule has 0 bridgehead atoms. The summed E-state index contributed by atoms with van der Waals surface area (Å²) in [6, 6.07) is 1.62. The van der Waals surface area contributed by atoms with Crippen molar-refractivity contribution in [2.24, 2.45) is 5.73 Å². The maximum absolute atomic E-state index is 6.29. The van der Waals surface area contributed by atoms with E-state index in [0.717, 1.165) is 18.9 Å². The molecule has 0 spiro atoms. The van der Waals surface area contributed by atoms with Gasteiger partial charge in [0.05, 0.1) is 0 Å². The number of hydrogen-bond donors (Lipinski definition) is 1. The molecule has 1 rings (SSSR count). The maximum atomic E-state index is 6.29. The average molecular weight is 241 g/mol. The Bertz CT molecular complexity index is 208. The zero-order chi connectivity index (χ0) is 12.8. The van der Waals surface area contributed by atoms with Gasteiger partial charge in [0.25, 0.3) is 0 Å². The normalized spacial score (nSPS) is 25.4. The van der Waals surface area contributed by atoms with Gasteiger partial charge >= 0.3 is 0 Å². The summed E-state index contributed by atoms with van der Waals surface area (Å²) in [5.74, 6) is 0. The summed E-state index contributed by atoms with van der Waals surface area (Å²) in [4.78, 5) is 4.99. The molecule has 1 saturated heterocycles. The van der Waals surface area contributed by atoms with Crippen LogP contribution in [0.4, 0.5) is 0 Å². The fraction of sp³-hybridized carbons (Fsp3) is 1.00. The minimum Gasteiger partial charge on any atom is -0.326 e. The van der Waals surface area contributed by atoms with Gasteiger partial charge in [-0.15, -0.1) is 0 Å². The van der Waals surface area contributed by atoms with Crippen LogP contribution in [0.5, 0.6) is 0 Å². The molecular formula is C14H31N3. The number of nitrogens with zero attached hydrogens (tertiary/aromatic N) is 2. The molecule has 1 heterocycles. The second-order valence-corrected chi connectivity index (χ2v) is 5.64. The molecular weight excluding hydrogens is 210 g/mol. The van der Waals surface area contributed by atoms with Gasteiger partial charge in [0.2, 0.25) is 0 Å². The molecule has 0 radical (unpaired) electrons. The molecule has 102 valence electrons. The van der Waals surface area contributed by atoms with Crippen molar-refractivity contribution < 1.29 is 0 Å². The highest BCUT2D eigenvalue weighted by Gasteiger charge is 2.26. The van der Waals surface area contributed by atoms with Gasteiger partial charge in [-0.05, 0) is 46.3 Å². The average Bonchev–Trinajstić information content (AvgIpc) is 2.66. The molecule has 0 aromatic heterocycles. The summed E-state index contributed by atoms with van der Waals surface area (Å²) in [5.41, 5.74) is 6.29. The van der Waals surface area contributed by atoms with Crippen molar-refractivity contribution in [1.82, 2.24) is 9.80 Å². The van der Waals surface area contributed by atoms with Gasteiger partial charge in [0.15, 0.2) is 0 Å². The molecule has 1 aliphatic heterocycles. The third kappa shape index (κ3) is 4.23. The van der Waals surface area contributed by atoms with Gasteiger partial charge in [-0.2, -0.15) is 0 Å². The largest absolute Gasteiger partial charge is 0.326 e. The molecule has 3 nitrogen and oxygen atoms in total. The monoisotopic (exact) mass is 241 g/mol. The summed E-state index contributed by atoms with van der Waals surface area (Å²) < 4.78 is 0. The molecule has 0 saturated carbocycles. The number of likely N-dealkylation sites (tertiary alicyclic amines) is 1. The molecule has 0 aromatic carbocycles. The van der Waals surface area contributed by atoms with Gasteiger partial charge in [0, 0.05) is 24.7 Å². The smallest absolute Gasteiger partial charge is 0.0242 e. The molecule has 0 aliphatic carbocycles. The minimum atomic E-state index is 0.335. The summed E-state index contributed by atoms with van der Waals surface area (Å²) in [7, 11) is 4.49. The Hall–Kier alpha value is -0.120. The number of hydrogen-bond acceptors (Lipinski definition) is 3. The van der Waals surface area contributed by atoms with E-state index in [9.17, 15) is 0 Å². The van der Waals surface area contributed by atoms with E-state index in [1.807, 2.05) is 0 Å². The lowest BCUT2D eigenvalue weighted by atomic mass is 10.00. The van der Waals surface area contributed by atoms with Crippen molar-refractivity contribution in [2.45, 2.75) is 64.1 Å². The van der Waals surface area contributed by atoms with Gasteiger partial charge in [-0.3, -0.25) is 0 Å². The van der Waals surface area contributed by atoms with Crippen molar-refractivity contribution in [2.75, 3.05) is 27.2 Å². The van der Waals surface area contributed by atoms with Crippen LogP contribution in [0.1, 0.15) is 46.0 Å². The Morgan fingerprint density at radius 1 is 1.41 bits per heavy atom. The van der Waals surface area contributed by atoms with Crippen LogP contribution in [0.2, 0.25) is 0 Å². The molecule has 0 amide bonds. The van der Waals surface area contributed by atoms with Crippen LogP contribution in [0.15, 0.2) is 0 Å². The molecule has 1 fully saturated rings. The quantitative estimate of drug-likeness (QED) is 0.739. The summed E-state index contributed by atoms with van der Waals surface area (Å²) >= 11 is 0. The van der Waals surface area contributed by atoms with E-state index < -0.39 is 0 Å². The van der Waals surface area contributed by atoms with Gasteiger partial charge in [-0.1, -0.05) is 20.3 Å². The molecule has 0 aromatic rings. The molecule has 2 N–H and O–H groups in total. The lowest BCUT2D eigenvalue weighted by Crippen LogP contribution is -2.49. The van der Waals surface area contributed by atoms with Crippen molar-refractivity contribution in [3.05, 3.63) is 0 Å². The van der Waals surface area contributed by atoms with E-state index in [4.69, 9.17) is 5.73 Å². The second kappa shape index (κ2) is 7.34. The molecule has 1 aliphatic rings. The van der Waals surface area contributed by atoms with Crippen LogP contribution in [-0.2, 0) is 0 Å². The van der Waals surface area contributed by atoms with Crippen LogP contribution in [0.25, 0.3) is 0 Å². The Kier molecular flexibility index (Phi) is 6.45. The topological polar surface area (TPSA) is 32.5 Å². The SMILES string of the molecule is CCCC(N)C(CC)N(C)CC1CCCN1C. The molecule has 3 heteroatoms. The fourth-order valence-corrected chi connectivity index (χ4v) is 3.14. The van der Waals surface area contributed by atoms with E-state index >= 15 is 0 Å². The van der Waals surface area contributed by atoms with E-state index in [0.29, 0.717) is 12.1 Å². The van der Waals surface area contributed by atoms with Gasteiger partial charge < -0.3 is 15.5 Å². The van der Waals surface area contributed by atoms with E-state index in [-0.39, 0.29) is 0 Å². The third-order valence-corrected chi connectivity index (χ3v) is 4.27. The Balaban J connectivity index is 2.45. The first-order chi connectivity index (χ1) is 8.10. The Morgan fingerprint density at radius 2 is 2.12 bits per heavy atom. The van der Waals surface area contributed by atoms with Crippen LogP contribution in [0.3, 0.4) is 0 Å². The Labute approximate surface area is 107 Å². The standard InChI is InChI=1S/C14H31N3/c1-5-8-13(15)14(6-2)17(4)11-12-9-7-10-16(12)3/h12-14H,5-11,15H2,1-4H3. The highest BCUT2D eigenvalue weighted by atomic mass is 15.2. The first-order valence-corrected chi connectivity index (χ1v) is 7.26. The van der Waals surface area contributed by atoms with Crippen LogP contribution < -0.4 is 5.73 Å². The van der Waals surface area contributed by atoms with Crippen molar-refractivity contribution in [3.8, 4) is 0 Å². The van der Waals surface area contributed by atoms with Crippen molar-refractivity contribution in [1.29, 1.82) is 0 Å². The van der Waals surface area contributed by atoms with E-state index in [1.54, 1.807) is 0 Å². The third-order valence-electron chi connectivity index (χ3n) is 4.27. The minimum absolute atomic E-state index is 0.335. The predicted molar refractivity (Wildman–Crippen MR) is 75.2 cm³/mol. The maximum Gasteiger partial charge on any atom is 0.0242 e. The predicted octanol–water partition coefficient (Wildman–Crippen LogP) is 1.92. The number of rotatable bonds is 7. The highest BCUT2D eigenvalue weighted by Crippen LogP contribution is 2.18. The first-order valence-electron chi connectivity index (χ1n) is 7.26. The number of likely N-dealkylation sites (N-methyl/N-ethyl adjacent to an activating group) is 2. The molecule has 3 atom stereocenters. The first kappa shape index (κ1) is 14.9. The van der Waals surface area contributed by atoms with Crippen LogP contribution in [0, 0.1) is 0 Å². The number of nitrogens with two attached hydrogens (primary N) is 1. The van der Waals surface area contributed by atoms with Crippen molar-refractivity contribution >= 4 is 0 Å². The zero-order valence-electron chi connectivity index (χ0n) is 12.2. The summed E-state index contributed by atoms with van der Waals surface area (Å²) in [6.07, 6.45) is 6.19. The van der Waals surface area contributed by atoms with Gasteiger partial charge in [0.1, 0.15) is 0 Å². The summed E-state index contributed by atoms with van der Waals surface area (Å²) in [5, 5.41) is 0. The lowest BCUT2D eigenvalue weighted by molar-refractivity contribution is 0.152. The lowest BCUT2D eigenvalue weighted by Gasteiger charge is -2.35. The van der Waals surface area contributed by atoms with Crippen LogP contribution >= 0.6 is 0 Å². The fourth-order valence-electron chi connectivity index (χ4n) is 3.14. The zero-order valence-corrected chi connectivity index (χ0v) is 12.2. The van der Waals surface area contributed by atoms with Crippen LogP contribution in [-0.4, -0.2) is 55.1 Å². The highest BCUT2D eigenvalue weighted by molar-refractivity contribution is 4.84.